The smallest absolute Gasteiger partial charge is 0.335 e. The van der Waals surface area contributed by atoms with E-state index in [0.29, 0.717) is 5.11 Å². The molecule has 35 heavy (non-hydrogen) atoms. The summed E-state index contributed by atoms with van der Waals surface area (Å²) in [5.74, 6) is -0.948. The van der Waals surface area contributed by atoms with E-state index in [2.05, 4.69) is 48.7 Å². The third kappa shape index (κ3) is 4.24. The van der Waals surface area contributed by atoms with E-state index in [-0.39, 0.29) is 17.6 Å². The summed E-state index contributed by atoms with van der Waals surface area (Å²) in [6, 6.07) is 22.8. The largest absolute Gasteiger partial charge is 0.478 e. The number of thiocarbonyl (C=S) groups is 1. The number of carboxylic acid groups (broad SMARTS) is 1. The lowest BCUT2D eigenvalue weighted by Crippen LogP contribution is -2.29. The summed E-state index contributed by atoms with van der Waals surface area (Å²) in [5.41, 5.74) is 6.06. The first-order valence-corrected chi connectivity index (χ1v) is 12.3. The second kappa shape index (κ2) is 9.28. The van der Waals surface area contributed by atoms with Crippen LogP contribution in [0.15, 0.2) is 83.5 Å². The average molecular weight is 547 g/mol. The van der Waals surface area contributed by atoms with Crippen LogP contribution in [-0.2, 0) is 0 Å². The number of halogens is 1. The number of aryl methyl sites for hydroxylation is 1. The quantitative estimate of drug-likeness (QED) is 0.293. The number of nitrogens with zero attached hydrogens (tertiary/aromatic N) is 3. The molecule has 1 aliphatic rings. The van der Waals surface area contributed by atoms with Gasteiger partial charge in [-0.2, -0.15) is 0 Å². The molecule has 176 valence electrons. The van der Waals surface area contributed by atoms with Crippen molar-refractivity contribution in [1.29, 1.82) is 0 Å². The highest BCUT2D eigenvalue weighted by Crippen LogP contribution is 2.43. The molecule has 1 saturated heterocycles. The molecule has 0 saturated carbocycles. The zero-order valence-electron chi connectivity index (χ0n) is 19.1. The van der Waals surface area contributed by atoms with Gasteiger partial charge in [-0.3, -0.25) is 4.98 Å². The first-order valence-electron chi connectivity index (χ1n) is 11.1. The van der Waals surface area contributed by atoms with Crippen molar-refractivity contribution in [2.75, 3.05) is 4.90 Å². The second-order valence-electron chi connectivity index (χ2n) is 8.49. The predicted octanol–water partition coefficient (Wildman–Crippen LogP) is 6.13. The Kier molecular flexibility index (Phi) is 6.17. The maximum Gasteiger partial charge on any atom is 0.335 e. The van der Waals surface area contributed by atoms with Gasteiger partial charge >= 0.3 is 5.97 Å². The van der Waals surface area contributed by atoms with Crippen molar-refractivity contribution in [2.24, 2.45) is 0 Å². The van der Waals surface area contributed by atoms with Crippen LogP contribution in [0.4, 0.5) is 5.69 Å². The van der Waals surface area contributed by atoms with Crippen LogP contribution in [0.1, 0.15) is 45.1 Å². The number of aromatic carboxylic acids is 1. The van der Waals surface area contributed by atoms with Gasteiger partial charge in [-0.15, -0.1) is 0 Å². The molecular weight excluding hydrogens is 524 g/mol. The van der Waals surface area contributed by atoms with Crippen LogP contribution in [0.5, 0.6) is 0 Å². The summed E-state index contributed by atoms with van der Waals surface area (Å²) in [6.07, 6.45) is 1.79. The normalized spacial score (nSPS) is 17.5. The fourth-order valence-corrected chi connectivity index (χ4v) is 5.42. The Bertz CT molecular complexity index is 1420. The first-order chi connectivity index (χ1) is 16.8. The number of anilines is 1. The van der Waals surface area contributed by atoms with Gasteiger partial charge in [0.05, 0.1) is 23.3 Å². The summed E-state index contributed by atoms with van der Waals surface area (Å²) in [4.78, 5) is 18.4. The minimum absolute atomic E-state index is 0.152. The molecule has 0 aliphatic carbocycles. The van der Waals surface area contributed by atoms with Gasteiger partial charge in [0.15, 0.2) is 5.11 Å². The molecule has 0 unspecified atom stereocenters. The van der Waals surface area contributed by atoms with Gasteiger partial charge in [0, 0.05) is 33.4 Å². The molecule has 1 aliphatic heterocycles. The second-order valence-corrected chi connectivity index (χ2v) is 9.79. The predicted molar refractivity (Wildman–Crippen MR) is 144 cm³/mol. The molecule has 3 heterocycles. The van der Waals surface area contributed by atoms with E-state index >= 15 is 0 Å². The van der Waals surface area contributed by atoms with E-state index in [1.54, 1.807) is 24.4 Å². The summed E-state index contributed by atoms with van der Waals surface area (Å²) >= 11 is 9.36. The van der Waals surface area contributed by atoms with E-state index in [0.717, 1.165) is 38.5 Å². The molecule has 8 heteroatoms. The third-order valence-electron chi connectivity index (χ3n) is 6.34. The number of hydrogen-bond acceptors (Lipinski definition) is 3. The highest BCUT2D eigenvalue weighted by molar-refractivity contribution is 9.10. The summed E-state index contributed by atoms with van der Waals surface area (Å²) in [6.45, 7) is 4.09. The number of pyridine rings is 1. The molecule has 5 rings (SSSR count). The summed E-state index contributed by atoms with van der Waals surface area (Å²) < 4.78 is 3.09. The Hall–Kier alpha value is -3.49. The highest BCUT2D eigenvalue weighted by Gasteiger charge is 2.42. The lowest BCUT2D eigenvalue weighted by atomic mass is 9.96. The number of carbonyl (C=O) groups is 1. The molecule has 0 spiro atoms. The lowest BCUT2D eigenvalue weighted by Gasteiger charge is -2.28. The Balaban J connectivity index is 1.67. The Morgan fingerprint density at radius 1 is 1.03 bits per heavy atom. The summed E-state index contributed by atoms with van der Waals surface area (Å²) in [5, 5.41) is 13.6. The van der Waals surface area contributed by atoms with Crippen LogP contribution in [-0.4, -0.2) is 25.7 Å². The highest BCUT2D eigenvalue weighted by atomic mass is 79.9. The Morgan fingerprint density at radius 2 is 1.80 bits per heavy atom. The number of benzene rings is 2. The van der Waals surface area contributed by atoms with Crippen LogP contribution in [0.2, 0.25) is 0 Å². The van der Waals surface area contributed by atoms with Crippen LogP contribution in [0.25, 0.3) is 5.69 Å². The maximum absolute atomic E-state index is 11.6. The number of carboxylic acids is 1. The molecule has 0 radical (unpaired) electrons. The van der Waals surface area contributed by atoms with Crippen LogP contribution < -0.4 is 10.2 Å². The van der Waals surface area contributed by atoms with E-state index < -0.39 is 5.97 Å². The standard InChI is InChI=1S/C27H23BrN4O2S/c1-16-14-22(17(2)31(16)21-7-5-6-18(15-21)26(33)34)25-24(23-8-3-4-13-29-23)30-27(35)32(25)20-11-9-19(28)10-12-20/h3-15,24-25H,1-2H3,(H,30,35)(H,33,34)/t24-,25+/m1/s1. The van der Waals surface area contributed by atoms with Crippen molar-refractivity contribution >= 4 is 44.9 Å². The van der Waals surface area contributed by atoms with Gasteiger partial charge in [0.2, 0.25) is 0 Å². The maximum atomic E-state index is 11.6. The van der Waals surface area contributed by atoms with Crippen LogP contribution in [0, 0.1) is 13.8 Å². The molecule has 0 amide bonds. The zero-order chi connectivity index (χ0) is 24.7. The van der Waals surface area contributed by atoms with Gasteiger partial charge in [-0.25, -0.2) is 4.79 Å². The van der Waals surface area contributed by atoms with E-state index in [1.165, 1.54) is 0 Å². The van der Waals surface area contributed by atoms with E-state index in [4.69, 9.17) is 12.2 Å². The lowest BCUT2D eigenvalue weighted by molar-refractivity contribution is 0.0697. The molecular formula is C27H23BrN4O2S. The van der Waals surface area contributed by atoms with Crippen molar-refractivity contribution in [3.05, 3.63) is 112 Å². The van der Waals surface area contributed by atoms with Crippen molar-refractivity contribution in [1.82, 2.24) is 14.9 Å². The number of aromatic nitrogens is 2. The van der Waals surface area contributed by atoms with E-state index in [9.17, 15) is 9.90 Å². The number of rotatable bonds is 5. The van der Waals surface area contributed by atoms with Crippen molar-refractivity contribution in [3.63, 3.8) is 0 Å². The first kappa shape index (κ1) is 23.3. The average Bonchev–Trinajstić information content (AvgIpc) is 3.35. The monoisotopic (exact) mass is 546 g/mol. The molecule has 2 N–H and O–H groups in total. The molecule has 2 atom stereocenters. The fraction of sp³-hybridized carbons (Fsp3) is 0.148. The SMILES string of the molecule is Cc1cc([C@H]2[C@@H](c3ccccn3)NC(=S)N2c2ccc(Br)cc2)c(C)n1-c1cccc(C(=O)O)c1. The fourth-order valence-electron chi connectivity index (χ4n) is 4.81. The zero-order valence-corrected chi connectivity index (χ0v) is 21.5. The topological polar surface area (TPSA) is 70.4 Å². The van der Waals surface area contributed by atoms with Crippen LogP contribution in [0.3, 0.4) is 0 Å². The van der Waals surface area contributed by atoms with Gasteiger partial charge < -0.3 is 19.9 Å². The van der Waals surface area contributed by atoms with Crippen LogP contribution >= 0.6 is 28.1 Å². The molecule has 0 bridgehead atoms. The summed E-state index contributed by atoms with van der Waals surface area (Å²) in [7, 11) is 0. The van der Waals surface area contributed by atoms with Gasteiger partial charge in [0.1, 0.15) is 0 Å². The van der Waals surface area contributed by atoms with E-state index in [1.807, 2.05) is 55.5 Å². The van der Waals surface area contributed by atoms with Gasteiger partial charge in [-0.05, 0) is 92.3 Å². The molecule has 2 aromatic carbocycles. The number of nitrogens with one attached hydrogen (secondary N) is 1. The minimum atomic E-state index is -0.948. The van der Waals surface area contributed by atoms with Crippen molar-refractivity contribution in [2.45, 2.75) is 25.9 Å². The molecule has 1 fully saturated rings. The molecule has 4 aromatic rings. The molecule has 2 aromatic heterocycles. The molecule has 6 nitrogen and oxygen atoms in total. The third-order valence-corrected chi connectivity index (χ3v) is 7.19. The van der Waals surface area contributed by atoms with Crippen molar-refractivity contribution < 1.29 is 9.90 Å². The Morgan fingerprint density at radius 3 is 2.49 bits per heavy atom. The Labute approximate surface area is 217 Å². The van der Waals surface area contributed by atoms with Crippen molar-refractivity contribution in [3.8, 4) is 5.69 Å². The van der Waals surface area contributed by atoms with Gasteiger partial charge in [-0.1, -0.05) is 28.1 Å². The number of hydrogen-bond donors (Lipinski definition) is 2. The van der Waals surface area contributed by atoms with Gasteiger partial charge in [0.25, 0.3) is 0 Å². The minimum Gasteiger partial charge on any atom is -0.478 e.